The van der Waals surface area contributed by atoms with E-state index in [4.69, 9.17) is 10.1 Å². The standard InChI is InChI=1S/C27H29F2N7O2/c1-5-17-16-11-20(23-18(28)7-6-8-19(23)29)32-34-24(16)27(4,26(17,2)3)22-9-10-30-25(31-22)21-13-36(35-33-21)12-15(38)14-37/h6-11,13,15,17,37-38H,5,12,14H2,1-4H3/t15-,17+,27+/m1/s1. The Hall–Kier alpha value is -3.70. The quantitative estimate of drug-likeness (QED) is 0.378. The van der Waals surface area contributed by atoms with Crippen molar-refractivity contribution in [3.63, 3.8) is 0 Å². The minimum Gasteiger partial charge on any atom is -0.394 e. The molecule has 1 aromatic carbocycles. The minimum absolute atomic E-state index is 0.0193. The predicted molar refractivity (Wildman–Crippen MR) is 135 cm³/mol. The number of aromatic nitrogens is 7. The summed E-state index contributed by atoms with van der Waals surface area (Å²) in [4.78, 5) is 9.24. The van der Waals surface area contributed by atoms with Crippen molar-refractivity contribution in [3.8, 4) is 22.8 Å². The van der Waals surface area contributed by atoms with E-state index in [1.54, 1.807) is 18.5 Å². The summed E-state index contributed by atoms with van der Waals surface area (Å²) in [5, 5.41) is 35.8. The van der Waals surface area contributed by atoms with Crippen molar-refractivity contribution in [2.24, 2.45) is 5.41 Å². The number of benzene rings is 1. The smallest absolute Gasteiger partial charge is 0.181 e. The number of hydrogen-bond acceptors (Lipinski definition) is 8. The highest BCUT2D eigenvalue weighted by atomic mass is 19.1. The molecule has 11 heteroatoms. The van der Waals surface area contributed by atoms with Gasteiger partial charge in [0.1, 0.15) is 17.3 Å². The van der Waals surface area contributed by atoms with E-state index in [9.17, 15) is 13.9 Å². The summed E-state index contributed by atoms with van der Waals surface area (Å²) < 4.78 is 30.6. The first-order valence-electron chi connectivity index (χ1n) is 12.5. The Morgan fingerprint density at radius 2 is 1.79 bits per heavy atom. The van der Waals surface area contributed by atoms with Gasteiger partial charge in [-0.25, -0.2) is 23.4 Å². The van der Waals surface area contributed by atoms with E-state index in [-0.39, 0.29) is 35.7 Å². The fourth-order valence-electron chi connectivity index (χ4n) is 5.67. The van der Waals surface area contributed by atoms with Gasteiger partial charge in [-0.05, 0) is 54.5 Å². The third-order valence-electron chi connectivity index (χ3n) is 8.00. The zero-order valence-electron chi connectivity index (χ0n) is 21.6. The van der Waals surface area contributed by atoms with Crippen LogP contribution in [0.15, 0.2) is 42.7 Å². The van der Waals surface area contributed by atoms with Crippen LogP contribution in [0.4, 0.5) is 8.78 Å². The van der Waals surface area contributed by atoms with Crippen LogP contribution in [0.3, 0.4) is 0 Å². The molecule has 1 aliphatic carbocycles. The third kappa shape index (κ3) is 3.97. The molecule has 0 bridgehead atoms. The van der Waals surface area contributed by atoms with Gasteiger partial charge in [0.15, 0.2) is 5.82 Å². The van der Waals surface area contributed by atoms with Crippen LogP contribution in [0.2, 0.25) is 0 Å². The van der Waals surface area contributed by atoms with E-state index < -0.39 is 23.2 Å². The van der Waals surface area contributed by atoms with E-state index in [1.807, 2.05) is 6.07 Å². The maximum Gasteiger partial charge on any atom is 0.181 e. The molecule has 3 heterocycles. The molecule has 0 saturated carbocycles. The number of fused-ring (bicyclic) bond motifs is 1. The molecule has 0 saturated heterocycles. The maximum atomic E-state index is 14.6. The van der Waals surface area contributed by atoms with Crippen LogP contribution in [0, 0.1) is 17.0 Å². The highest BCUT2D eigenvalue weighted by Gasteiger charge is 2.57. The molecule has 0 fully saturated rings. The Morgan fingerprint density at radius 3 is 2.47 bits per heavy atom. The maximum absolute atomic E-state index is 14.6. The molecule has 0 spiro atoms. The van der Waals surface area contributed by atoms with E-state index in [2.05, 4.69) is 53.2 Å². The second kappa shape index (κ2) is 9.55. The van der Waals surface area contributed by atoms with Gasteiger partial charge in [0.2, 0.25) is 0 Å². The molecule has 198 valence electrons. The van der Waals surface area contributed by atoms with E-state index in [0.717, 1.165) is 12.0 Å². The second-order valence-electron chi connectivity index (χ2n) is 10.4. The van der Waals surface area contributed by atoms with Crippen molar-refractivity contribution >= 4 is 0 Å². The van der Waals surface area contributed by atoms with Gasteiger partial charge in [0.25, 0.3) is 0 Å². The fourth-order valence-corrected chi connectivity index (χ4v) is 5.67. The molecule has 3 aromatic heterocycles. The molecule has 38 heavy (non-hydrogen) atoms. The molecule has 5 rings (SSSR count). The topological polar surface area (TPSA) is 123 Å². The van der Waals surface area contributed by atoms with Gasteiger partial charge >= 0.3 is 0 Å². The summed E-state index contributed by atoms with van der Waals surface area (Å²) in [6.07, 6.45) is 3.08. The lowest BCUT2D eigenvalue weighted by Crippen LogP contribution is -2.40. The van der Waals surface area contributed by atoms with Crippen LogP contribution < -0.4 is 0 Å². The zero-order valence-corrected chi connectivity index (χ0v) is 21.6. The van der Waals surface area contributed by atoms with Gasteiger partial charge in [-0.15, -0.1) is 10.2 Å². The van der Waals surface area contributed by atoms with Crippen LogP contribution in [-0.4, -0.2) is 58.1 Å². The molecule has 4 aromatic rings. The number of aliphatic hydroxyl groups is 2. The van der Waals surface area contributed by atoms with Gasteiger partial charge in [-0.1, -0.05) is 32.1 Å². The van der Waals surface area contributed by atoms with Crippen molar-refractivity contribution in [2.75, 3.05) is 6.61 Å². The lowest BCUT2D eigenvalue weighted by molar-refractivity contribution is 0.0778. The van der Waals surface area contributed by atoms with Crippen LogP contribution in [0.5, 0.6) is 0 Å². The monoisotopic (exact) mass is 521 g/mol. The highest BCUT2D eigenvalue weighted by molar-refractivity contribution is 5.63. The Bertz CT molecular complexity index is 1470. The molecule has 0 unspecified atom stereocenters. The van der Waals surface area contributed by atoms with Crippen LogP contribution in [0.1, 0.15) is 57.0 Å². The Balaban J connectivity index is 1.61. The third-order valence-corrected chi connectivity index (χ3v) is 8.00. The summed E-state index contributed by atoms with van der Waals surface area (Å²) in [6.45, 7) is 8.11. The lowest BCUT2D eigenvalue weighted by atomic mass is 9.62. The minimum atomic E-state index is -0.959. The van der Waals surface area contributed by atoms with Crippen molar-refractivity contribution in [1.82, 2.24) is 35.2 Å². The number of rotatable bonds is 7. The van der Waals surface area contributed by atoms with Crippen LogP contribution in [0.25, 0.3) is 22.8 Å². The first-order valence-corrected chi connectivity index (χ1v) is 12.5. The van der Waals surface area contributed by atoms with Crippen molar-refractivity contribution in [2.45, 2.75) is 58.1 Å². The summed E-state index contributed by atoms with van der Waals surface area (Å²) >= 11 is 0. The predicted octanol–water partition coefficient (Wildman–Crippen LogP) is 3.66. The van der Waals surface area contributed by atoms with Crippen molar-refractivity contribution in [1.29, 1.82) is 0 Å². The number of halogens is 2. The molecular formula is C27H29F2N7O2. The molecule has 9 nitrogen and oxygen atoms in total. The van der Waals surface area contributed by atoms with Crippen LogP contribution >= 0.6 is 0 Å². The molecule has 0 radical (unpaired) electrons. The van der Waals surface area contributed by atoms with Gasteiger partial charge in [0.05, 0.1) is 53.5 Å². The highest BCUT2D eigenvalue weighted by Crippen LogP contribution is 2.61. The first-order chi connectivity index (χ1) is 18.1. The summed E-state index contributed by atoms with van der Waals surface area (Å²) in [6, 6.07) is 7.33. The molecule has 0 amide bonds. The summed E-state index contributed by atoms with van der Waals surface area (Å²) in [7, 11) is 0. The lowest BCUT2D eigenvalue weighted by Gasteiger charge is -2.41. The Morgan fingerprint density at radius 1 is 1.05 bits per heavy atom. The SMILES string of the molecule is CC[C@H]1c2cc(-c3c(F)cccc3F)nnc2[C@](C)(c2ccnc(-c3cn(C[C@@H](O)CO)nn3)n2)C1(C)C. The average Bonchev–Trinajstić information content (AvgIpc) is 3.43. The summed E-state index contributed by atoms with van der Waals surface area (Å²) in [5.41, 5.74) is 1.58. The van der Waals surface area contributed by atoms with Gasteiger partial charge in [0, 0.05) is 6.20 Å². The van der Waals surface area contributed by atoms with Gasteiger partial charge < -0.3 is 10.2 Å². The second-order valence-corrected chi connectivity index (χ2v) is 10.4. The summed E-state index contributed by atoms with van der Waals surface area (Å²) in [5.74, 6) is -1.01. The molecule has 1 aliphatic rings. The van der Waals surface area contributed by atoms with Crippen molar-refractivity contribution < 1.29 is 19.0 Å². The largest absolute Gasteiger partial charge is 0.394 e. The van der Waals surface area contributed by atoms with Crippen LogP contribution in [-0.2, 0) is 12.0 Å². The molecular weight excluding hydrogens is 492 g/mol. The average molecular weight is 522 g/mol. The Labute approximate surface area is 218 Å². The van der Waals surface area contributed by atoms with E-state index >= 15 is 0 Å². The van der Waals surface area contributed by atoms with E-state index in [1.165, 1.54) is 22.9 Å². The normalized spacial score (nSPS) is 20.9. The Kier molecular flexibility index (Phi) is 6.52. The van der Waals surface area contributed by atoms with E-state index in [0.29, 0.717) is 22.9 Å². The zero-order chi connectivity index (χ0) is 27.2. The fraction of sp³-hybridized carbons (Fsp3) is 0.407. The number of nitrogens with zero attached hydrogens (tertiary/aromatic N) is 7. The molecule has 0 aliphatic heterocycles. The molecule has 2 N–H and O–H groups in total. The number of hydrogen-bond donors (Lipinski definition) is 2. The first kappa shape index (κ1) is 25.9. The van der Waals surface area contributed by atoms with Gasteiger partial charge in [-0.3, -0.25) is 0 Å². The van der Waals surface area contributed by atoms with Gasteiger partial charge in [-0.2, -0.15) is 5.10 Å². The number of aliphatic hydroxyl groups excluding tert-OH is 2. The molecule has 3 atom stereocenters. The van der Waals surface area contributed by atoms with Crippen molar-refractivity contribution in [3.05, 3.63) is 71.3 Å².